The Bertz CT molecular complexity index is 273. The van der Waals surface area contributed by atoms with Crippen LogP contribution in [0.2, 0.25) is 0 Å². The summed E-state index contributed by atoms with van der Waals surface area (Å²) in [6, 6.07) is 10.0. The number of hydrogen-bond acceptors (Lipinski definition) is 1. The summed E-state index contributed by atoms with van der Waals surface area (Å²) < 4.78 is 0. The van der Waals surface area contributed by atoms with Gasteiger partial charge in [-0.3, -0.25) is 0 Å². The average molecular weight is 217 g/mol. The number of hydrogen-bond donors (Lipinski definition) is 0. The Labute approximate surface area is 99.8 Å². The van der Waals surface area contributed by atoms with E-state index in [1.165, 1.54) is 44.5 Å². The molecule has 0 aliphatic carbocycles. The van der Waals surface area contributed by atoms with Crippen molar-refractivity contribution in [2.75, 3.05) is 19.6 Å². The molecule has 0 saturated carbocycles. The van der Waals surface area contributed by atoms with Crippen molar-refractivity contribution in [2.45, 2.75) is 26.2 Å². The van der Waals surface area contributed by atoms with Gasteiger partial charge in [-0.05, 0) is 44.5 Å². The molecular formula is C15H23N. The van der Waals surface area contributed by atoms with E-state index in [1.54, 1.807) is 0 Å². The van der Waals surface area contributed by atoms with Crippen molar-refractivity contribution in [3.05, 3.63) is 42.5 Å². The molecule has 0 radical (unpaired) electrons. The molecule has 1 heterocycles. The molecule has 1 aliphatic rings. The predicted octanol–water partition coefficient (Wildman–Crippen LogP) is 3.82. The Morgan fingerprint density at radius 1 is 1.19 bits per heavy atom. The standard InChI is InChI=1S/C8H8.C7H15N/c1-2-8-6-4-3-5-7-8;1-2-5-8-6-3-4-7-8/h2-7H,1H2;2-7H2,1H3. The molecule has 16 heavy (non-hydrogen) atoms. The first-order valence-electron chi connectivity index (χ1n) is 6.26. The van der Waals surface area contributed by atoms with Crippen LogP contribution in [0.3, 0.4) is 0 Å². The second-order valence-electron chi connectivity index (χ2n) is 4.16. The lowest BCUT2D eigenvalue weighted by molar-refractivity contribution is 0.339. The first-order valence-corrected chi connectivity index (χ1v) is 6.26. The lowest BCUT2D eigenvalue weighted by Crippen LogP contribution is -2.19. The van der Waals surface area contributed by atoms with Gasteiger partial charge in [0.1, 0.15) is 0 Å². The van der Waals surface area contributed by atoms with Crippen LogP contribution < -0.4 is 0 Å². The summed E-state index contributed by atoms with van der Waals surface area (Å²) in [6.45, 7) is 9.91. The van der Waals surface area contributed by atoms with Crippen molar-refractivity contribution in [2.24, 2.45) is 0 Å². The van der Waals surface area contributed by atoms with Gasteiger partial charge in [0.25, 0.3) is 0 Å². The lowest BCUT2D eigenvalue weighted by atomic mass is 10.2. The summed E-state index contributed by atoms with van der Waals surface area (Å²) in [5.41, 5.74) is 1.17. The third-order valence-electron chi connectivity index (χ3n) is 2.77. The van der Waals surface area contributed by atoms with Crippen LogP contribution in [0.25, 0.3) is 6.08 Å². The molecule has 88 valence electrons. The SMILES string of the molecule is C=Cc1ccccc1.CCCN1CCCC1. The fraction of sp³-hybridized carbons (Fsp3) is 0.467. The van der Waals surface area contributed by atoms with Crippen LogP contribution in [0.15, 0.2) is 36.9 Å². The molecule has 0 amide bonds. The van der Waals surface area contributed by atoms with Gasteiger partial charge in [0, 0.05) is 0 Å². The molecule has 0 aromatic heterocycles. The lowest BCUT2D eigenvalue weighted by Gasteiger charge is -2.11. The minimum Gasteiger partial charge on any atom is -0.303 e. The molecule has 0 atom stereocenters. The van der Waals surface area contributed by atoms with Gasteiger partial charge in [0.2, 0.25) is 0 Å². The highest BCUT2D eigenvalue weighted by Gasteiger charge is 2.08. The quantitative estimate of drug-likeness (QED) is 0.744. The van der Waals surface area contributed by atoms with Gasteiger partial charge >= 0.3 is 0 Å². The Balaban J connectivity index is 0.000000160. The molecule has 1 aliphatic heterocycles. The van der Waals surface area contributed by atoms with E-state index in [9.17, 15) is 0 Å². The van der Waals surface area contributed by atoms with Crippen molar-refractivity contribution in [1.29, 1.82) is 0 Å². The van der Waals surface area contributed by atoms with Crippen molar-refractivity contribution in [3.8, 4) is 0 Å². The van der Waals surface area contributed by atoms with E-state index in [1.807, 2.05) is 36.4 Å². The Hall–Kier alpha value is -1.08. The molecule has 0 bridgehead atoms. The van der Waals surface area contributed by atoms with Gasteiger partial charge in [-0.15, -0.1) is 0 Å². The van der Waals surface area contributed by atoms with Crippen LogP contribution in [-0.4, -0.2) is 24.5 Å². The van der Waals surface area contributed by atoms with Gasteiger partial charge in [-0.1, -0.05) is 49.9 Å². The topological polar surface area (TPSA) is 3.24 Å². The third-order valence-corrected chi connectivity index (χ3v) is 2.77. The van der Waals surface area contributed by atoms with Crippen LogP contribution >= 0.6 is 0 Å². The summed E-state index contributed by atoms with van der Waals surface area (Å²) in [5.74, 6) is 0. The Kier molecular flexibility index (Phi) is 6.59. The van der Waals surface area contributed by atoms with Crippen molar-refractivity contribution < 1.29 is 0 Å². The molecule has 1 nitrogen and oxygen atoms in total. The Morgan fingerprint density at radius 2 is 1.81 bits per heavy atom. The van der Waals surface area contributed by atoms with Crippen molar-refractivity contribution in [1.82, 2.24) is 4.90 Å². The second kappa shape index (κ2) is 8.12. The maximum Gasteiger partial charge on any atom is -0.00183 e. The largest absolute Gasteiger partial charge is 0.303 e. The zero-order valence-electron chi connectivity index (χ0n) is 10.4. The minimum absolute atomic E-state index is 1.17. The number of nitrogens with zero attached hydrogens (tertiary/aromatic N) is 1. The molecule has 1 fully saturated rings. The normalized spacial score (nSPS) is 15.3. The first-order chi connectivity index (χ1) is 7.86. The molecule has 0 unspecified atom stereocenters. The summed E-state index contributed by atoms with van der Waals surface area (Å²) in [7, 11) is 0. The van der Waals surface area contributed by atoms with Crippen LogP contribution in [-0.2, 0) is 0 Å². The molecular weight excluding hydrogens is 194 g/mol. The van der Waals surface area contributed by atoms with E-state index in [0.29, 0.717) is 0 Å². The van der Waals surface area contributed by atoms with E-state index >= 15 is 0 Å². The minimum atomic E-state index is 1.17. The molecule has 1 heteroatoms. The maximum absolute atomic E-state index is 3.63. The highest BCUT2D eigenvalue weighted by atomic mass is 15.1. The van der Waals surface area contributed by atoms with Crippen LogP contribution in [0, 0.1) is 0 Å². The fourth-order valence-electron chi connectivity index (χ4n) is 1.91. The summed E-state index contributed by atoms with van der Waals surface area (Å²) in [4.78, 5) is 2.54. The molecule has 0 spiro atoms. The molecule has 0 N–H and O–H groups in total. The molecule has 1 saturated heterocycles. The summed E-state index contributed by atoms with van der Waals surface area (Å²) in [6.07, 6.45) is 6.01. The zero-order valence-corrected chi connectivity index (χ0v) is 10.4. The second-order valence-corrected chi connectivity index (χ2v) is 4.16. The van der Waals surface area contributed by atoms with Gasteiger partial charge in [0.05, 0.1) is 0 Å². The maximum atomic E-state index is 3.63. The smallest absolute Gasteiger partial charge is 0.00183 e. The van der Waals surface area contributed by atoms with Crippen molar-refractivity contribution >= 4 is 6.08 Å². The first kappa shape index (κ1) is 13.0. The van der Waals surface area contributed by atoms with E-state index in [-0.39, 0.29) is 0 Å². The number of likely N-dealkylation sites (tertiary alicyclic amines) is 1. The summed E-state index contributed by atoms with van der Waals surface area (Å²) >= 11 is 0. The summed E-state index contributed by atoms with van der Waals surface area (Å²) in [5, 5.41) is 0. The van der Waals surface area contributed by atoms with Gasteiger partial charge in [-0.2, -0.15) is 0 Å². The van der Waals surface area contributed by atoms with Crippen molar-refractivity contribution in [3.63, 3.8) is 0 Å². The van der Waals surface area contributed by atoms with Gasteiger partial charge < -0.3 is 4.90 Å². The highest BCUT2D eigenvalue weighted by Crippen LogP contribution is 2.06. The fourth-order valence-corrected chi connectivity index (χ4v) is 1.91. The Morgan fingerprint density at radius 3 is 2.25 bits per heavy atom. The van der Waals surface area contributed by atoms with Gasteiger partial charge in [0.15, 0.2) is 0 Å². The molecule has 1 aromatic carbocycles. The zero-order chi connectivity index (χ0) is 11.6. The predicted molar refractivity (Wildman–Crippen MR) is 72.5 cm³/mol. The monoisotopic (exact) mass is 217 g/mol. The highest BCUT2D eigenvalue weighted by molar-refractivity contribution is 5.45. The molecule has 1 aromatic rings. The number of benzene rings is 1. The average Bonchev–Trinajstić information content (AvgIpc) is 2.84. The van der Waals surface area contributed by atoms with Gasteiger partial charge in [-0.25, -0.2) is 0 Å². The van der Waals surface area contributed by atoms with E-state index in [0.717, 1.165) is 0 Å². The van der Waals surface area contributed by atoms with E-state index < -0.39 is 0 Å². The van der Waals surface area contributed by atoms with Crippen LogP contribution in [0.4, 0.5) is 0 Å². The van der Waals surface area contributed by atoms with E-state index in [2.05, 4.69) is 18.4 Å². The molecule has 2 rings (SSSR count). The van der Waals surface area contributed by atoms with E-state index in [4.69, 9.17) is 0 Å². The third kappa shape index (κ3) is 5.13. The number of rotatable bonds is 3. The van der Waals surface area contributed by atoms with Crippen LogP contribution in [0.5, 0.6) is 0 Å². The van der Waals surface area contributed by atoms with Crippen LogP contribution in [0.1, 0.15) is 31.7 Å².